The summed E-state index contributed by atoms with van der Waals surface area (Å²) >= 11 is 0. The van der Waals surface area contributed by atoms with Gasteiger partial charge >= 0.3 is 0 Å². The maximum absolute atomic E-state index is 12.9. The van der Waals surface area contributed by atoms with Crippen molar-refractivity contribution in [1.82, 2.24) is 29.9 Å². The molecule has 1 aliphatic rings. The quantitative estimate of drug-likeness (QED) is 0.797. The summed E-state index contributed by atoms with van der Waals surface area (Å²) in [6.07, 6.45) is 3.37. The SMILES string of the molecule is Cc1cc(C)n(-c2ccc(C(=O)N3CCC[C@@H]3c3ncn[nH]3)cc2)n1. The third-order valence-corrected chi connectivity index (χ3v) is 4.63. The summed E-state index contributed by atoms with van der Waals surface area (Å²) in [4.78, 5) is 19.0. The van der Waals surface area contributed by atoms with E-state index in [1.54, 1.807) is 0 Å². The lowest BCUT2D eigenvalue weighted by atomic mass is 10.1. The van der Waals surface area contributed by atoms with Gasteiger partial charge in [0.25, 0.3) is 5.91 Å². The van der Waals surface area contributed by atoms with Crippen LogP contribution in [0.4, 0.5) is 0 Å². The van der Waals surface area contributed by atoms with E-state index in [-0.39, 0.29) is 11.9 Å². The first kappa shape index (κ1) is 15.6. The zero-order valence-corrected chi connectivity index (χ0v) is 14.3. The molecule has 0 radical (unpaired) electrons. The van der Waals surface area contributed by atoms with E-state index >= 15 is 0 Å². The van der Waals surface area contributed by atoms with Gasteiger partial charge in [-0.3, -0.25) is 9.89 Å². The molecule has 4 rings (SSSR count). The Bertz CT molecular complexity index is 881. The Hall–Kier alpha value is -2.96. The van der Waals surface area contributed by atoms with Gasteiger partial charge in [0.05, 0.1) is 17.4 Å². The zero-order valence-electron chi connectivity index (χ0n) is 14.3. The number of likely N-dealkylation sites (tertiary alicyclic amines) is 1. The van der Waals surface area contributed by atoms with Crippen molar-refractivity contribution in [3.8, 4) is 5.69 Å². The predicted octanol–water partition coefficient (Wildman–Crippen LogP) is 2.58. The lowest BCUT2D eigenvalue weighted by molar-refractivity contribution is 0.0730. The van der Waals surface area contributed by atoms with Gasteiger partial charge in [-0.1, -0.05) is 0 Å². The molecule has 0 unspecified atom stereocenters. The fraction of sp³-hybridized carbons (Fsp3) is 0.333. The van der Waals surface area contributed by atoms with Crippen molar-refractivity contribution in [3.05, 3.63) is 59.4 Å². The van der Waals surface area contributed by atoms with E-state index in [1.165, 1.54) is 6.33 Å². The van der Waals surface area contributed by atoms with Crippen LogP contribution in [0.2, 0.25) is 0 Å². The van der Waals surface area contributed by atoms with Crippen molar-refractivity contribution in [2.24, 2.45) is 0 Å². The number of aromatic nitrogens is 5. The maximum Gasteiger partial charge on any atom is 0.254 e. The molecule has 25 heavy (non-hydrogen) atoms. The Morgan fingerprint density at radius 3 is 2.68 bits per heavy atom. The van der Waals surface area contributed by atoms with Gasteiger partial charge in [-0.05, 0) is 57.0 Å². The van der Waals surface area contributed by atoms with E-state index in [4.69, 9.17) is 0 Å². The van der Waals surface area contributed by atoms with Crippen LogP contribution >= 0.6 is 0 Å². The average molecular weight is 336 g/mol. The van der Waals surface area contributed by atoms with E-state index in [9.17, 15) is 4.79 Å². The topological polar surface area (TPSA) is 79.7 Å². The Morgan fingerprint density at radius 2 is 2.04 bits per heavy atom. The monoisotopic (exact) mass is 336 g/mol. The molecule has 2 aromatic heterocycles. The third-order valence-electron chi connectivity index (χ3n) is 4.63. The summed E-state index contributed by atoms with van der Waals surface area (Å²) in [5.41, 5.74) is 3.68. The van der Waals surface area contributed by atoms with E-state index in [2.05, 4.69) is 20.3 Å². The van der Waals surface area contributed by atoms with E-state index in [0.717, 1.165) is 42.3 Å². The molecule has 1 atom stereocenters. The molecular formula is C18H20N6O. The van der Waals surface area contributed by atoms with Crippen LogP contribution in [0.25, 0.3) is 5.69 Å². The highest BCUT2D eigenvalue weighted by molar-refractivity contribution is 5.94. The number of rotatable bonds is 3. The average Bonchev–Trinajstić information content (AvgIpc) is 3.34. The molecule has 7 heteroatoms. The molecule has 1 aliphatic heterocycles. The van der Waals surface area contributed by atoms with Gasteiger partial charge in [0.15, 0.2) is 0 Å². The van der Waals surface area contributed by atoms with Gasteiger partial charge in [-0.2, -0.15) is 10.2 Å². The second-order valence-electron chi connectivity index (χ2n) is 6.41. The number of aryl methyl sites for hydroxylation is 2. The minimum Gasteiger partial charge on any atom is -0.328 e. The first-order chi connectivity index (χ1) is 12.1. The summed E-state index contributed by atoms with van der Waals surface area (Å²) in [7, 11) is 0. The molecule has 0 aliphatic carbocycles. The Morgan fingerprint density at radius 1 is 1.24 bits per heavy atom. The molecule has 0 spiro atoms. The summed E-state index contributed by atoms with van der Waals surface area (Å²) in [5, 5.41) is 11.3. The van der Waals surface area contributed by atoms with Crippen molar-refractivity contribution in [2.75, 3.05) is 6.54 Å². The number of carbonyl (C=O) groups excluding carboxylic acids is 1. The number of nitrogens with one attached hydrogen (secondary N) is 1. The molecule has 0 saturated carbocycles. The van der Waals surface area contributed by atoms with Gasteiger partial charge in [-0.15, -0.1) is 0 Å². The summed E-state index contributed by atoms with van der Waals surface area (Å²) < 4.78 is 1.89. The van der Waals surface area contributed by atoms with Crippen molar-refractivity contribution in [2.45, 2.75) is 32.7 Å². The summed E-state index contributed by atoms with van der Waals surface area (Å²) in [6, 6.07) is 9.61. The first-order valence-electron chi connectivity index (χ1n) is 8.43. The van der Waals surface area contributed by atoms with Crippen LogP contribution in [0.5, 0.6) is 0 Å². The largest absolute Gasteiger partial charge is 0.328 e. The Kier molecular flexibility index (Phi) is 3.83. The van der Waals surface area contributed by atoms with E-state index in [1.807, 2.05) is 53.8 Å². The van der Waals surface area contributed by atoms with E-state index < -0.39 is 0 Å². The van der Waals surface area contributed by atoms with Gasteiger partial charge in [0, 0.05) is 17.8 Å². The van der Waals surface area contributed by atoms with Gasteiger partial charge in [0.2, 0.25) is 0 Å². The fourth-order valence-corrected chi connectivity index (χ4v) is 3.47. The molecule has 1 amide bonds. The smallest absolute Gasteiger partial charge is 0.254 e. The molecular weight excluding hydrogens is 316 g/mol. The molecule has 1 saturated heterocycles. The summed E-state index contributed by atoms with van der Waals surface area (Å²) in [5.74, 6) is 0.781. The zero-order chi connectivity index (χ0) is 17.4. The Balaban J connectivity index is 1.57. The number of aromatic amines is 1. The van der Waals surface area contributed by atoms with Crippen LogP contribution in [0, 0.1) is 13.8 Å². The fourth-order valence-electron chi connectivity index (χ4n) is 3.47. The molecule has 1 aromatic carbocycles. The summed E-state index contributed by atoms with van der Waals surface area (Å²) in [6.45, 7) is 4.73. The molecule has 3 aromatic rings. The van der Waals surface area contributed by atoms with Crippen LogP contribution < -0.4 is 0 Å². The highest BCUT2D eigenvalue weighted by Gasteiger charge is 2.32. The molecule has 1 fully saturated rings. The van der Waals surface area contributed by atoms with E-state index in [0.29, 0.717) is 5.56 Å². The normalized spacial score (nSPS) is 17.2. The number of nitrogens with zero attached hydrogens (tertiary/aromatic N) is 5. The van der Waals surface area contributed by atoms with Crippen LogP contribution in [0.1, 0.15) is 46.5 Å². The third kappa shape index (κ3) is 2.82. The highest BCUT2D eigenvalue weighted by Crippen LogP contribution is 2.31. The van der Waals surface area contributed by atoms with Gasteiger partial charge < -0.3 is 4.90 Å². The standard InChI is InChI=1S/C18H20N6O/c1-12-10-13(2)24(22-12)15-7-5-14(6-8-15)18(25)23-9-3-4-16(23)17-19-11-20-21-17/h5-8,10-11,16H,3-4,9H2,1-2H3,(H,19,20,21)/t16-/m1/s1. The number of hydrogen-bond donors (Lipinski definition) is 1. The van der Waals surface area contributed by atoms with Crippen LogP contribution in [0.15, 0.2) is 36.7 Å². The predicted molar refractivity (Wildman–Crippen MR) is 92.4 cm³/mol. The number of carbonyl (C=O) groups is 1. The highest BCUT2D eigenvalue weighted by atomic mass is 16.2. The van der Waals surface area contributed by atoms with Crippen molar-refractivity contribution >= 4 is 5.91 Å². The first-order valence-corrected chi connectivity index (χ1v) is 8.43. The van der Waals surface area contributed by atoms with Crippen LogP contribution in [-0.4, -0.2) is 42.3 Å². The van der Waals surface area contributed by atoms with Crippen molar-refractivity contribution in [1.29, 1.82) is 0 Å². The molecule has 7 nitrogen and oxygen atoms in total. The number of hydrogen-bond acceptors (Lipinski definition) is 4. The van der Waals surface area contributed by atoms with Gasteiger partial charge in [-0.25, -0.2) is 9.67 Å². The Labute approximate surface area is 145 Å². The molecule has 1 N–H and O–H groups in total. The number of amides is 1. The number of benzene rings is 1. The molecule has 128 valence electrons. The molecule has 3 heterocycles. The van der Waals surface area contributed by atoms with Gasteiger partial charge in [0.1, 0.15) is 12.2 Å². The lowest BCUT2D eigenvalue weighted by Gasteiger charge is -2.23. The minimum absolute atomic E-state index is 0.0225. The minimum atomic E-state index is -0.0225. The number of H-pyrrole nitrogens is 1. The second-order valence-corrected chi connectivity index (χ2v) is 6.41. The maximum atomic E-state index is 12.9. The molecule has 0 bridgehead atoms. The lowest BCUT2D eigenvalue weighted by Crippen LogP contribution is -2.31. The van der Waals surface area contributed by atoms with Crippen LogP contribution in [0.3, 0.4) is 0 Å². The van der Waals surface area contributed by atoms with Crippen LogP contribution in [-0.2, 0) is 0 Å². The van der Waals surface area contributed by atoms with Crippen molar-refractivity contribution < 1.29 is 4.79 Å². The second kappa shape index (κ2) is 6.16. The van der Waals surface area contributed by atoms with Crippen molar-refractivity contribution in [3.63, 3.8) is 0 Å².